The molecule has 1 aromatic carbocycles. The Morgan fingerprint density at radius 1 is 1.31 bits per heavy atom. The molecule has 0 N–H and O–H groups in total. The van der Waals surface area contributed by atoms with E-state index >= 15 is 0 Å². The SMILES string of the molecule is C=CC1=CCCC(OCc2ccccc2)C1. The van der Waals surface area contributed by atoms with Gasteiger partial charge in [-0.25, -0.2) is 0 Å². The van der Waals surface area contributed by atoms with E-state index in [0.717, 1.165) is 25.9 Å². The lowest BCUT2D eigenvalue weighted by molar-refractivity contribution is 0.0337. The molecule has 0 fully saturated rings. The lowest BCUT2D eigenvalue weighted by Gasteiger charge is -2.21. The van der Waals surface area contributed by atoms with Gasteiger partial charge in [0.1, 0.15) is 0 Å². The fourth-order valence-electron chi connectivity index (χ4n) is 2.00. The quantitative estimate of drug-likeness (QED) is 0.739. The van der Waals surface area contributed by atoms with Gasteiger partial charge in [0, 0.05) is 0 Å². The first-order valence-electron chi connectivity index (χ1n) is 5.85. The molecule has 2 rings (SSSR count). The molecule has 16 heavy (non-hydrogen) atoms. The molecule has 0 aliphatic heterocycles. The third-order valence-corrected chi connectivity index (χ3v) is 2.95. The van der Waals surface area contributed by atoms with Gasteiger partial charge in [0.25, 0.3) is 0 Å². The van der Waals surface area contributed by atoms with Crippen LogP contribution in [0.4, 0.5) is 0 Å². The van der Waals surface area contributed by atoms with Crippen molar-refractivity contribution in [2.24, 2.45) is 0 Å². The highest BCUT2D eigenvalue weighted by Gasteiger charge is 2.14. The maximum Gasteiger partial charge on any atom is 0.0720 e. The number of allylic oxidation sites excluding steroid dienone is 2. The number of hydrogen-bond acceptors (Lipinski definition) is 1. The Kier molecular flexibility index (Phi) is 3.95. The second-order valence-electron chi connectivity index (χ2n) is 4.18. The smallest absolute Gasteiger partial charge is 0.0720 e. The number of hydrogen-bond donors (Lipinski definition) is 0. The van der Waals surface area contributed by atoms with Gasteiger partial charge in [0.15, 0.2) is 0 Å². The molecule has 0 bridgehead atoms. The summed E-state index contributed by atoms with van der Waals surface area (Å²) >= 11 is 0. The van der Waals surface area contributed by atoms with Crippen LogP contribution in [0.3, 0.4) is 0 Å². The largest absolute Gasteiger partial charge is 0.373 e. The molecule has 1 aromatic rings. The van der Waals surface area contributed by atoms with E-state index < -0.39 is 0 Å². The van der Waals surface area contributed by atoms with E-state index in [9.17, 15) is 0 Å². The maximum atomic E-state index is 5.91. The third-order valence-electron chi connectivity index (χ3n) is 2.95. The molecule has 1 unspecified atom stereocenters. The van der Waals surface area contributed by atoms with Crippen LogP contribution in [0.5, 0.6) is 0 Å². The number of ether oxygens (including phenoxy) is 1. The van der Waals surface area contributed by atoms with E-state index in [0.29, 0.717) is 6.10 Å². The minimum atomic E-state index is 0.359. The van der Waals surface area contributed by atoms with Crippen LogP contribution < -0.4 is 0 Å². The van der Waals surface area contributed by atoms with E-state index in [1.165, 1.54) is 11.1 Å². The third kappa shape index (κ3) is 3.07. The van der Waals surface area contributed by atoms with Crippen LogP contribution in [-0.2, 0) is 11.3 Å². The first kappa shape index (κ1) is 11.2. The second kappa shape index (κ2) is 5.66. The molecule has 1 heteroatoms. The standard InChI is InChI=1S/C15H18O/c1-2-13-9-6-10-15(11-13)16-12-14-7-4-3-5-8-14/h2-5,7-9,15H,1,6,10-12H2. The number of rotatable bonds is 4. The van der Waals surface area contributed by atoms with Crippen LogP contribution in [0.1, 0.15) is 24.8 Å². The lowest BCUT2D eigenvalue weighted by Crippen LogP contribution is -2.16. The van der Waals surface area contributed by atoms with Crippen molar-refractivity contribution in [2.45, 2.75) is 32.0 Å². The molecule has 0 radical (unpaired) electrons. The second-order valence-corrected chi connectivity index (χ2v) is 4.18. The van der Waals surface area contributed by atoms with E-state index in [1.807, 2.05) is 12.1 Å². The van der Waals surface area contributed by atoms with Crippen LogP contribution in [0.2, 0.25) is 0 Å². The van der Waals surface area contributed by atoms with Gasteiger partial charge in [-0.15, -0.1) is 0 Å². The summed E-state index contributed by atoms with van der Waals surface area (Å²) in [7, 11) is 0. The Morgan fingerprint density at radius 2 is 2.12 bits per heavy atom. The fourth-order valence-corrected chi connectivity index (χ4v) is 2.00. The minimum Gasteiger partial charge on any atom is -0.373 e. The lowest BCUT2D eigenvalue weighted by atomic mass is 9.97. The first-order chi connectivity index (χ1) is 7.88. The van der Waals surface area contributed by atoms with E-state index in [-0.39, 0.29) is 0 Å². The predicted octanol–water partition coefficient (Wildman–Crippen LogP) is 3.87. The van der Waals surface area contributed by atoms with Crippen LogP contribution in [0.15, 0.2) is 54.6 Å². The highest BCUT2D eigenvalue weighted by molar-refractivity contribution is 5.19. The molecule has 0 heterocycles. The number of benzene rings is 1. The zero-order chi connectivity index (χ0) is 11.2. The first-order valence-corrected chi connectivity index (χ1v) is 5.85. The van der Waals surface area contributed by atoms with Crippen LogP contribution in [-0.4, -0.2) is 6.10 Å². The van der Waals surface area contributed by atoms with Crippen LogP contribution in [0, 0.1) is 0 Å². The van der Waals surface area contributed by atoms with Crippen molar-refractivity contribution < 1.29 is 4.74 Å². The Hall–Kier alpha value is -1.34. The zero-order valence-electron chi connectivity index (χ0n) is 9.56. The molecule has 0 spiro atoms. The van der Waals surface area contributed by atoms with Crippen molar-refractivity contribution in [3.8, 4) is 0 Å². The van der Waals surface area contributed by atoms with Gasteiger partial charge >= 0.3 is 0 Å². The molecule has 0 amide bonds. The molecule has 1 aliphatic carbocycles. The Morgan fingerprint density at radius 3 is 2.88 bits per heavy atom. The average molecular weight is 214 g/mol. The van der Waals surface area contributed by atoms with E-state index in [4.69, 9.17) is 4.74 Å². The van der Waals surface area contributed by atoms with E-state index in [2.05, 4.69) is 36.9 Å². The van der Waals surface area contributed by atoms with Crippen molar-refractivity contribution in [2.75, 3.05) is 0 Å². The molecule has 0 aromatic heterocycles. The molecular formula is C15H18O. The molecule has 1 nitrogen and oxygen atoms in total. The van der Waals surface area contributed by atoms with Gasteiger partial charge in [-0.05, 0) is 24.8 Å². The molecule has 0 saturated heterocycles. The van der Waals surface area contributed by atoms with E-state index in [1.54, 1.807) is 0 Å². The molecule has 84 valence electrons. The monoisotopic (exact) mass is 214 g/mol. The highest BCUT2D eigenvalue weighted by atomic mass is 16.5. The summed E-state index contributed by atoms with van der Waals surface area (Å²) in [5.74, 6) is 0. The predicted molar refractivity (Wildman–Crippen MR) is 67.2 cm³/mol. The van der Waals surface area contributed by atoms with Crippen molar-refractivity contribution in [1.82, 2.24) is 0 Å². The normalized spacial score (nSPS) is 20.2. The van der Waals surface area contributed by atoms with Crippen molar-refractivity contribution in [1.29, 1.82) is 0 Å². The van der Waals surface area contributed by atoms with Gasteiger partial charge in [-0.3, -0.25) is 0 Å². The van der Waals surface area contributed by atoms with Gasteiger partial charge in [-0.2, -0.15) is 0 Å². The van der Waals surface area contributed by atoms with Gasteiger partial charge < -0.3 is 4.74 Å². The van der Waals surface area contributed by atoms with Crippen LogP contribution in [0.25, 0.3) is 0 Å². The topological polar surface area (TPSA) is 9.23 Å². The highest BCUT2D eigenvalue weighted by Crippen LogP contribution is 2.22. The minimum absolute atomic E-state index is 0.359. The molecule has 1 atom stereocenters. The van der Waals surface area contributed by atoms with Gasteiger partial charge in [0.2, 0.25) is 0 Å². The summed E-state index contributed by atoms with van der Waals surface area (Å²) < 4.78 is 5.91. The summed E-state index contributed by atoms with van der Waals surface area (Å²) in [5.41, 5.74) is 2.57. The van der Waals surface area contributed by atoms with Gasteiger partial charge in [-0.1, -0.05) is 54.6 Å². The summed E-state index contributed by atoms with van der Waals surface area (Å²) in [5, 5.41) is 0. The zero-order valence-corrected chi connectivity index (χ0v) is 9.56. The Bertz CT molecular complexity index is 364. The van der Waals surface area contributed by atoms with Crippen molar-refractivity contribution >= 4 is 0 Å². The Balaban J connectivity index is 1.83. The molecule has 0 saturated carbocycles. The van der Waals surface area contributed by atoms with Gasteiger partial charge in [0.05, 0.1) is 12.7 Å². The van der Waals surface area contributed by atoms with Crippen molar-refractivity contribution in [3.05, 3.63) is 60.2 Å². The van der Waals surface area contributed by atoms with Crippen molar-refractivity contribution in [3.63, 3.8) is 0 Å². The molecular weight excluding hydrogens is 196 g/mol. The fraction of sp³-hybridized carbons (Fsp3) is 0.333. The summed E-state index contributed by atoms with van der Waals surface area (Å²) in [6.07, 6.45) is 7.81. The Labute approximate surface area is 97.4 Å². The summed E-state index contributed by atoms with van der Waals surface area (Å²) in [6.45, 7) is 4.53. The maximum absolute atomic E-state index is 5.91. The molecule has 1 aliphatic rings. The summed E-state index contributed by atoms with van der Waals surface area (Å²) in [6, 6.07) is 10.3. The summed E-state index contributed by atoms with van der Waals surface area (Å²) in [4.78, 5) is 0. The van der Waals surface area contributed by atoms with Crippen LogP contribution >= 0.6 is 0 Å². The average Bonchev–Trinajstić information content (AvgIpc) is 2.38.